The molecule has 0 saturated heterocycles. The maximum absolute atomic E-state index is 2.39. The molecule has 0 heterocycles. The van der Waals surface area contributed by atoms with Gasteiger partial charge >= 0.3 is 0 Å². The van der Waals surface area contributed by atoms with Gasteiger partial charge in [-0.05, 0) is 49.3 Å². The molecule has 3 rings (SSSR count). The van der Waals surface area contributed by atoms with Gasteiger partial charge in [-0.2, -0.15) is 0 Å². The third-order valence-corrected chi connectivity index (χ3v) is 5.42. The standard InChI is InChI=1S/C18H17S/c1-4-10-16(11-5-1)19(17-12-6-2-7-13-17)18-14-8-3-9-15-18/h1-2,4-8,10-15H,3,9H2/q+1. The predicted molar refractivity (Wildman–Crippen MR) is 83.2 cm³/mol. The van der Waals surface area contributed by atoms with E-state index >= 15 is 0 Å². The maximum atomic E-state index is 2.39. The van der Waals surface area contributed by atoms with Crippen molar-refractivity contribution in [3.8, 4) is 0 Å². The number of rotatable bonds is 3. The molecule has 2 aromatic rings. The minimum atomic E-state index is 0.0366. The van der Waals surface area contributed by atoms with Crippen molar-refractivity contribution >= 4 is 10.9 Å². The molecule has 0 unspecified atom stereocenters. The van der Waals surface area contributed by atoms with E-state index in [1.807, 2.05) is 0 Å². The topological polar surface area (TPSA) is 0 Å². The zero-order chi connectivity index (χ0) is 12.9. The van der Waals surface area contributed by atoms with Crippen molar-refractivity contribution in [2.45, 2.75) is 22.6 Å². The Labute approximate surface area is 117 Å². The van der Waals surface area contributed by atoms with Crippen LogP contribution in [0, 0.1) is 0 Å². The zero-order valence-corrected chi connectivity index (χ0v) is 11.6. The number of hydrogen-bond acceptors (Lipinski definition) is 0. The molecule has 0 aromatic heterocycles. The smallest absolute Gasteiger partial charge is 0.0792 e. The van der Waals surface area contributed by atoms with Gasteiger partial charge in [0.25, 0.3) is 0 Å². The summed E-state index contributed by atoms with van der Waals surface area (Å²) in [6.45, 7) is 0. The largest absolute Gasteiger partial charge is 0.166 e. The lowest BCUT2D eigenvalue weighted by molar-refractivity contribution is 1.03. The van der Waals surface area contributed by atoms with Crippen molar-refractivity contribution in [3.05, 3.63) is 83.8 Å². The van der Waals surface area contributed by atoms with Crippen molar-refractivity contribution in [2.24, 2.45) is 0 Å². The van der Waals surface area contributed by atoms with Crippen LogP contribution in [0.5, 0.6) is 0 Å². The quantitative estimate of drug-likeness (QED) is 0.688. The van der Waals surface area contributed by atoms with Crippen molar-refractivity contribution in [3.63, 3.8) is 0 Å². The first-order valence-corrected chi connectivity index (χ1v) is 7.89. The van der Waals surface area contributed by atoms with E-state index in [0.29, 0.717) is 0 Å². The van der Waals surface area contributed by atoms with Gasteiger partial charge < -0.3 is 0 Å². The Morgan fingerprint density at radius 2 is 1.26 bits per heavy atom. The van der Waals surface area contributed by atoms with Crippen molar-refractivity contribution < 1.29 is 0 Å². The Kier molecular flexibility index (Phi) is 3.85. The molecule has 0 bridgehead atoms. The Hall–Kier alpha value is -1.73. The van der Waals surface area contributed by atoms with E-state index in [-0.39, 0.29) is 10.9 Å². The van der Waals surface area contributed by atoms with Crippen LogP contribution in [0.2, 0.25) is 0 Å². The Morgan fingerprint density at radius 3 is 1.74 bits per heavy atom. The highest BCUT2D eigenvalue weighted by Crippen LogP contribution is 2.32. The summed E-state index contributed by atoms with van der Waals surface area (Å²) in [5.41, 5.74) is 0. The fourth-order valence-corrected chi connectivity index (χ4v) is 4.45. The molecule has 1 heteroatoms. The molecule has 0 nitrogen and oxygen atoms in total. The molecule has 0 atom stereocenters. The predicted octanol–water partition coefficient (Wildman–Crippen LogP) is 4.96. The molecule has 0 radical (unpaired) electrons. The van der Waals surface area contributed by atoms with E-state index in [4.69, 9.17) is 0 Å². The van der Waals surface area contributed by atoms with Crippen LogP contribution in [0.4, 0.5) is 0 Å². The van der Waals surface area contributed by atoms with E-state index in [0.717, 1.165) is 6.42 Å². The summed E-state index contributed by atoms with van der Waals surface area (Å²) in [6, 6.07) is 21.6. The fourth-order valence-electron chi connectivity index (χ4n) is 2.26. The monoisotopic (exact) mass is 265 g/mol. The highest BCUT2D eigenvalue weighted by Gasteiger charge is 2.29. The van der Waals surface area contributed by atoms with Crippen molar-refractivity contribution in [1.82, 2.24) is 0 Å². The summed E-state index contributed by atoms with van der Waals surface area (Å²) in [6.07, 6.45) is 9.32. The SMILES string of the molecule is C1=CC([S+](c2ccccc2)c2ccccc2)=CCC1. The lowest BCUT2D eigenvalue weighted by Crippen LogP contribution is -2.06. The van der Waals surface area contributed by atoms with Crippen LogP contribution < -0.4 is 0 Å². The fraction of sp³-hybridized carbons (Fsp3) is 0.111. The van der Waals surface area contributed by atoms with Crippen LogP contribution in [0.1, 0.15) is 12.8 Å². The summed E-state index contributed by atoms with van der Waals surface area (Å²) >= 11 is 0. The first kappa shape index (κ1) is 12.3. The van der Waals surface area contributed by atoms with Gasteiger partial charge in [-0.3, -0.25) is 0 Å². The minimum absolute atomic E-state index is 0.0366. The number of hydrogen-bond donors (Lipinski definition) is 0. The van der Waals surface area contributed by atoms with Gasteiger partial charge in [-0.15, -0.1) is 0 Å². The number of allylic oxidation sites excluding steroid dienone is 3. The highest BCUT2D eigenvalue weighted by molar-refractivity contribution is 8.00. The Morgan fingerprint density at radius 1 is 0.684 bits per heavy atom. The lowest BCUT2D eigenvalue weighted by Gasteiger charge is -2.10. The summed E-state index contributed by atoms with van der Waals surface area (Å²) in [5, 5.41) is 0. The average molecular weight is 265 g/mol. The van der Waals surface area contributed by atoms with E-state index in [1.165, 1.54) is 21.1 Å². The zero-order valence-electron chi connectivity index (χ0n) is 10.8. The third-order valence-electron chi connectivity index (χ3n) is 3.15. The van der Waals surface area contributed by atoms with Crippen LogP contribution in [0.15, 0.2) is 93.6 Å². The van der Waals surface area contributed by atoms with Gasteiger partial charge in [0, 0.05) is 0 Å². The molecule has 0 N–H and O–H groups in total. The van der Waals surface area contributed by atoms with Crippen LogP contribution in [0.3, 0.4) is 0 Å². The summed E-state index contributed by atoms with van der Waals surface area (Å²) < 4.78 is 0. The normalized spacial score (nSPS) is 14.5. The molecule has 1 aliphatic rings. The van der Waals surface area contributed by atoms with Crippen molar-refractivity contribution in [2.75, 3.05) is 0 Å². The molecular weight excluding hydrogens is 248 g/mol. The maximum Gasteiger partial charge on any atom is 0.166 e. The minimum Gasteiger partial charge on any atom is -0.0792 e. The first-order valence-electron chi connectivity index (χ1n) is 6.66. The van der Waals surface area contributed by atoms with Crippen LogP contribution >= 0.6 is 0 Å². The van der Waals surface area contributed by atoms with Gasteiger partial charge in [0.15, 0.2) is 14.7 Å². The number of benzene rings is 2. The Balaban J connectivity index is 2.06. The molecule has 0 aliphatic heterocycles. The van der Waals surface area contributed by atoms with Crippen LogP contribution in [0.25, 0.3) is 0 Å². The van der Waals surface area contributed by atoms with E-state index in [1.54, 1.807) is 0 Å². The second-order valence-corrected chi connectivity index (χ2v) is 6.55. The van der Waals surface area contributed by atoms with Gasteiger partial charge in [0.1, 0.15) is 0 Å². The van der Waals surface area contributed by atoms with Gasteiger partial charge in [-0.1, -0.05) is 42.5 Å². The molecule has 0 fully saturated rings. The molecule has 19 heavy (non-hydrogen) atoms. The molecule has 0 amide bonds. The summed E-state index contributed by atoms with van der Waals surface area (Å²) in [5.74, 6) is 0. The molecule has 0 saturated carbocycles. The van der Waals surface area contributed by atoms with Crippen molar-refractivity contribution in [1.29, 1.82) is 0 Å². The lowest BCUT2D eigenvalue weighted by atomic mass is 10.2. The van der Waals surface area contributed by atoms with E-state index < -0.39 is 0 Å². The highest BCUT2D eigenvalue weighted by atomic mass is 32.2. The van der Waals surface area contributed by atoms with Gasteiger partial charge in [-0.25, -0.2) is 0 Å². The second kappa shape index (κ2) is 5.94. The van der Waals surface area contributed by atoms with E-state index in [9.17, 15) is 0 Å². The molecule has 94 valence electrons. The molecule has 2 aromatic carbocycles. The summed E-state index contributed by atoms with van der Waals surface area (Å²) in [7, 11) is 0.0366. The molecular formula is C18H17S+. The molecule has 1 aliphatic carbocycles. The first-order chi connectivity index (χ1) is 9.45. The second-order valence-electron chi connectivity index (χ2n) is 4.52. The van der Waals surface area contributed by atoms with Gasteiger partial charge in [0.05, 0.1) is 10.9 Å². The van der Waals surface area contributed by atoms with Crippen LogP contribution in [-0.2, 0) is 10.9 Å². The van der Waals surface area contributed by atoms with Gasteiger partial charge in [0.2, 0.25) is 0 Å². The Bertz CT molecular complexity index is 542. The van der Waals surface area contributed by atoms with E-state index in [2.05, 4.69) is 78.9 Å². The molecule has 0 spiro atoms. The summed E-state index contributed by atoms with van der Waals surface area (Å²) in [4.78, 5) is 4.24. The average Bonchev–Trinajstić information content (AvgIpc) is 2.51. The third kappa shape index (κ3) is 2.82. The van der Waals surface area contributed by atoms with Crippen LogP contribution in [-0.4, -0.2) is 0 Å².